The largest absolute Gasteiger partial charge is 0.501 e. The van der Waals surface area contributed by atoms with E-state index in [-0.39, 0.29) is 5.78 Å². The molecule has 0 amide bonds. The van der Waals surface area contributed by atoms with Crippen LogP contribution in [-0.2, 0) is 14.3 Å². The van der Waals surface area contributed by atoms with Gasteiger partial charge in [0, 0.05) is 12.7 Å². The lowest BCUT2D eigenvalue weighted by Crippen LogP contribution is -2.45. The van der Waals surface area contributed by atoms with E-state index in [4.69, 9.17) is 9.47 Å². The summed E-state index contributed by atoms with van der Waals surface area (Å²) in [6, 6.07) is 0. The van der Waals surface area contributed by atoms with Crippen LogP contribution in [-0.4, -0.2) is 25.1 Å². The fraction of sp³-hybridized carbons (Fsp3) is 0.786. The van der Waals surface area contributed by atoms with Gasteiger partial charge in [-0.05, 0) is 44.4 Å². The number of ketones is 1. The van der Waals surface area contributed by atoms with Crippen molar-refractivity contribution in [3.8, 4) is 0 Å². The highest BCUT2D eigenvalue weighted by Gasteiger charge is 2.42. The highest BCUT2D eigenvalue weighted by Crippen LogP contribution is 2.37. The molecule has 3 nitrogen and oxygen atoms in total. The van der Waals surface area contributed by atoms with Gasteiger partial charge in [0.05, 0.1) is 12.9 Å². The Labute approximate surface area is 103 Å². The van der Waals surface area contributed by atoms with Crippen molar-refractivity contribution in [1.29, 1.82) is 0 Å². The molecule has 0 N–H and O–H groups in total. The molecule has 0 saturated heterocycles. The molecule has 0 radical (unpaired) electrons. The number of hydrogen-bond acceptors (Lipinski definition) is 3. The topological polar surface area (TPSA) is 35.5 Å². The van der Waals surface area contributed by atoms with E-state index in [0.717, 1.165) is 50.7 Å². The van der Waals surface area contributed by atoms with Crippen LogP contribution < -0.4 is 0 Å². The lowest BCUT2D eigenvalue weighted by Gasteiger charge is -2.37. The third-order valence-corrected chi connectivity index (χ3v) is 4.11. The second-order valence-electron chi connectivity index (χ2n) is 5.33. The number of methoxy groups -OCH3 is 1. The Morgan fingerprint density at radius 3 is 2.71 bits per heavy atom. The minimum atomic E-state index is -0.570. The molecule has 2 aliphatic rings. The van der Waals surface area contributed by atoms with Crippen molar-refractivity contribution in [2.45, 2.75) is 51.0 Å². The first-order valence-corrected chi connectivity index (χ1v) is 6.58. The van der Waals surface area contributed by atoms with Crippen molar-refractivity contribution >= 4 is 5.78 Å². The van der Waals surface area contributed by atoms with Crippen molar-refractivity contribution in [3.63, 3.8) is 0 Å². The molecule has 1 heterocycles. The van der Waals surface area contributed by atoms with E-state index in [1.54, 1.807) is 13.4 Å². The molecule has 1 aliphatic heterocycles. The Morgan fingerprint density at radius 2 is 2.18 bits per heavy atom. The molecule has 0 aromatic carbocycles. The molecular formula is C14H22O3. The van der Waals surface area contributed by atoms with E-state index in [9.17, 15) is 4.79 Å². The number of hydrogen-bond donors (Lipinski definition) is 0. The highest BCUT2D eigenvalue weighted by molar-refractivity contribution is 6.01. The van der Waals surface area contributed by atoms with Crippen LogP contribution >= 0.6 is 0 Å². The van der Waals surface area contributed by atoms with Gasteiger partial charge in [-0.1, -0.05) is 6.92 Å². The summed E-state index contributed by atoms with van der Waals surface area (Å²) in [5, 5.41) is 0. The van der Waals surface area contributed by atoms with E-state index in [2.05, 4.69) is 6.92 Å². The zero-order chi connectivity index (χ0) is 12.3. The van der Waals surface area contributed by atoms with Crippen LogP contribution in [0.25, 0.3) is 0 Å². The summed E-state index contributed by atoms with van der Waals surface area (Å²) < 4.78 is 10.9. The van der Waals surface area contributed by atoms with Crippen LogP contribution in [0.1, 0.15) is 45.4 Å². The molecule has 1 fully saturated rings. The van der Waals surface area contributed by atoms with Crippen LogP contribution in [0.5, 0.6) is 0 Å². The minimum absolute atomic E-state index is 0.159. The Balaban J connectivity index is 2.12. The quantitative estimate of drug-likeness (QED) is 0.758. The molecule has 0 aromatic rings. The van der Waals surface area contributed by atoms with Gasteiger partial charge in [-0.15, -0.1) is 0 Å². The summed E-state index contributed by atoms with van der Waals surface area (Å²) in [6.07, 6.45) is 7.26. The van der Waals surface area contributed by atoms with Crippen LogP contribution in [0.3, 0.4) is 0 Å². The van der Waals surface area contributed by atoms with Crippen LogP contribution in [0, 0.1) is 5.92 Å². The lowest BCUT2D eigenvalue weighted by molar-refractivity contribution is -0.142. The lowest BCUT2D eigenvalue weighted by atomic mass is 9.75. The minimum Gasteiger partial charge on any atom is -0.501 e. The summed E-state index contributed by atoms with van der Waals surface area (Å²) in [7, 11) is 1.66. The van der Waals surface area contributed by atoms with Gasteiger partial charge in [0.2, 0.25) is 0 Å². The molecule has 17 heavy (non-hydrogen) atoms. The molecule has 1 saturated carbocycles. The van der Waals surface area contributed by atoms with Gasteiger partial charge >= 0.3 is 0 Å². The predicted octanol–water partition coefficient (Wildman–Crippen LogP) is 2.85. The second-order valence-corrected chi connectivity index (χ2v) is 5.33. The second kappa shape index (κ2) is 5.21. The third-order valence-electron chi connectivity index (χ3n) is 4.11. The number of rotatable bonds is 3. The summed E-state index contributed by atoms with van der Waals surface area (Å²) >= 11 is 0. The van der Waals surface area contributed by atoms with Gasteiger partial charge in [-0.3, -0.25) is 4.79 Å². The maximum Gasteiger partial charge on any atom is 0.193 e. The van der Waals surface area contributed by atoms with Crippen LogP contribution in [0.2, 0.25) is 0 Å². The van der Waals surface area contributed by atoms with Crippen molar-refractivity contribution in [2.75, 3.05) is 13.7 Å². The van der Waals surface area contributed by atoms with Gasteiger partial charge in [0.15, 0.2) is 5.78 Å². The van der Waals surface area contributed by atoms with Crippen molar-refractivity contribution in [2.24, 2.45) is 5.92 Å². The monoisotopic (exact) mass is 238 g/mol. The van der Waals surface area contributed by atoms with E-state index in [1.165, 1.54) is 0 Å². The number of carbonyl (C=O) groups is 1. The van der Waals surface area contributed by atoms with Crippen molar-refractivity contribution in [1.82, 2.24) is 0 Å². The zero-order valence-corrected chi connectivity index (χ0v) is 10.8. The zero-order valence-electron chi connectivity index (χ0n) is 10.8. The average molecular weight is 238 g/mol. The first-order chi connectivity index (χ1) is 8.18. The maximum atomic E-state index is 12.5. The first-order valence-electron chi connectivity index (χ1n) is 6.58. The van der Waals surface area contributed by atoms with Gasteiger partial charge in [0.25, 0.3) is 0 Å². The van der Waals surface area contributed by atoms with Crippen LogP contribution in [0.15, 0.2) is 11.8 Å². The number of Topliss-reactive ketones (excluding diaryl/α,β-unsaturated/α-hetero) is 1. The van der Waals surface area contributed by atoms with Crippen molar-refractivity contribution in [3.05, 3.63) is 11.8 Å². The SMILES string of the molecule is COC1(C(=O)C2=COCCC2)CCC(C)CC1. The predicted molar refractivity (Wildman–Crippen MR) is 65.6 cm³/mol. The Bertz CT molecular complexity index is 311. The standard InChI is InChI=1S/C14H22O3/c1-11-5-7-14(16-2,8-6-11)13(15)12-4-3-9-17-10-12/h10-11H,3-9H2,1-2H3. The summed E-state index contributed by atoms with van der Waals surface area (Å²) in [4.78, 5) is 12.5. The molecule has 0 unspecified atom stereocenters. The smallest absolute Gasteiger partial charge is 0.193 e. The molecule has 96 valence electrons. The molecule has 2 rings (SSSR count). The molecule has 0 atom stereocenters. The first kappa shape index (κ1) is 12.6. The average Bonchev–Trinajstić information content (AvgIpc) is 2.40. The Hall–Kier alpha value is -0.830. The third kappa shape index (κ3) is 2.54. The van der Waals surface area contributed by atoms with Crippen LogP contribution in [0.4, 0.5) is 0 Å². The summed E-state index contributed by atoms with van der Waals surface area (Å²) in [5.41, 5.74) is 0.242. The number of carbonyl (C=O) groups excluding carboxylic acids is 1. The molecule has 0 aromatic heterocycles. The highest BCUT2D eigenvalue weighted by atomic mass is 16.5. The molecule has 3 heteroatoms. The van der Waals surface area contributed by atoms with E-state index in [1.807, 2.05) is 0 Å². The molecule has 1 aliphatic carbocycles. The van der Waals surface area contributed by atoms with Gasteiger partial charge in [-0.2, -0.15) is 0 Å². The van der Waals surface area contributed by atoms with Gasteiger partial charge in [-0.25, -0.2) is 0 Å². The number of ether oxygens (including phenoxy) is 2. The van der Waals surface area contributed by atoms with E-state index < -0.39 is 5.60 Å². The van der Waals surface area contributed by atoms with Gasteiger partial charge in [0.1, 0.15) is 5.60 Å². The normalized spacial score (nSPS) is 33.8. The molecule has 0 bridgehead atoms. The maximum absolute atomic E-state index is 12.5. The molecule has 0 spiro atoms. The van der Waals surface area contributed by atoms with E-state index in [0.29, 0.717) is 5.92 Å². The Morgan fingerprint density at radius 1 is 1.47 bits per heavy atom. The van der Waals surface area contributed by atoms with E-state index >= 15 is 0 Å². The fourth-order valence-corrected chi connectivity index (χ4v) is 2.78. The van der Waals surface area contributed by atoms with Crippen molar-refractivity contribution < 1.29 is 14.3 Å². The molecular weight excluding hydrogens is 216 g/mol. The summed E-state index contributed by atoms with van der Waals surface area (Å²) in [6.45, 7) is 2.97. The Kier molecular flexibility index (Phi) is 3.87. The summed E-state index contributed by atoms with van der Waals surface area (Å²) in [5.74, 6) is 0.870. The van der Waals surface area contributed by atoms with Gasteiger partial charge < -0.3 is 9.47 Å². The fourth-order valence-electron chi connectivity index (χ4n) is 2.78.